The molecule has 4 amide bonds. The molecule has 1 spiro atoms. The van der Waals surface area contributed by atoms with Crippen molar-refractivity contribution in [3.05, 3.63) is 29.8 Å². The average Bonchev–Trinajstić information content (AvgIpc) is 3.36. The van der Waals surface area contributed by atoms with E-state index >= 15 is 0 Å². The van der Waals surface area contributed by atoms with E-state index < -0.39 is 17.5 Å². The van der Waals surface area contributed by atoms with E-state index in [2.05, 4.69) is 16.0 Å². The van der Waals surface area contributed by atoms with Crippen LogP contribution in [0.4, 0.5) is 0 Å². The number of hydrogen-bond acceptors (Lipinski definition) is 7. The smallest absolute Gasteiger partial charge is 0.244 e. The molecule has 208 valence electrons. The first-order valence-corrected chi connectivity index (χ1v) is 16.0. The predicted octanol–water partition coefficient (Wildman–Crippen LogP) is 2.55. The third kappa shape index (κ3) is 6.77. The van der Waals surface area contributed by atoms with Gasteiger partial charge in [0.25, 0.3) is 0 Å². The minimum atomic E-state index is -0.762. The minimum Gasteiger partial charge on any atom is -0.508 e. The van der Waals surface area contributed by atoms with Crippen LogP contribution in [0.5, 0.6) is 5.75 Å². The first-order valence-electron chi connectivity index (χ1n) is 13.5. The van der Waals surface area contributed by atoms with Crippen molar-refractivity contribution in [2.24, 2.45) is 5.41 Å². The molecule has 0 aromatic heterocycles. The van der Waals surface area contributed by atoms with E-state index in [-0.39, 0.29) is 35.3 Å². The molecule has 1 aromatic rings. The number of carbonyl (C=O) groups excluding carboxylic acids is 4. The highest BCUT2D eigenvalue weighted by atomic mass is 33.1. The molecule has 38 heavy (non-hydrogen) atoms. The molecule has 9 nitrogen and oxygen atoms in total. The summed E-state index contributed by atoms with van der Waals surface area (Å²) in [5.41, 5.74) is 0.422. The van der Waals surface area contributed by atoms with Gasteiger partial charge in [0.1, 0.15) is 17.8 Å². The average molecular weight is 563 g/mol. The second-order valence-electron chi connectivity index (χ2n) is 10.4. The maximum Gasteiger partial charge on any atom is 0.244 e. The topological polar surface area (TPSA) is 128 Å². The van der Waals surface area contributed by atoms with Crippen LogP contribution in [0.15, 0.2) is 24.3 Å². The van der Waals surface area contributed by atoms with Crippen molar-refractivity contribution in [2.45, 2.75) is 69.9 Å². The summed E-state index contributed by atoms with van der Waals surface area (Å²) in [5.74, 6) is 0.256. The molecular weight excluding hydrogens is 524 g/mol. The zero-order chi connectivity index (χ0) is 27.1. The van der Waals surface area contributed by atoms with Gasteiger partial charge in [-0.05, 0) is 43.4 Å². The molecule has 0 radical (unpaired) electrons. The van der Waals surface area contributed by atoms with Crippen molar-refractivity contribution < 1.29 is 24.3 Å². The molecule has 1 saturated carbocycles. The molecule has 2 aliphatic heterocycles. The number of nitrogens with zero attached hydrogens (tertiary/aromatic N) is 1. The Labute approximate surface area is 232 Å². The number of hydrogen-bond donors (Lipinski definition) is 4. The summed E-state index contributed by atoms with van der Waals surface area (Å²) in [6.07, 6.45) is 6.02. The van der Waals surface area contributed by atoms with Crippen LogP contribution in [0.25, 0.3) is 0 Å². The summed E-state index contributed by atoms with van der Waals surface area (Å²) in [5, 5.41) is 18.7. The second-order valence-corrected chi connectivity index (χ2v) is 13.1. The number of amides is 4. The quantitative estimate of drug-likeness (QED) is 0.417. The first kappa shape index (κ1) is 28.6. The molecular formula is C27H38N4O5S2. The predicted molar refractivity (Wildman–Crippen MR) is 150 cm³/mol. The zero-order valence-corrected chi connectivity index (χ0v) is 23.5. The largest absolute Gasteiger partial charge is 0.508 e. The Morgan fingerprint density at radius 2 is 1.76 bits per heavy atom. The SMILES string of the molecule is CC(=O)N1CC[C@@H](c2ccc(O)cc2)C1C(=O)N[C@H]1CSSCCNC(=O)C2(CCCCC2)CCNC1=O. The van der Waals surface area contributed by atoms with E-state index in [0.29, 0.717) is 44.0 Å². The van der Waals surface area contributed by atoms with Crippen molar-refractivity contribution in [3.63, 3.8) is 0 Å². The lowest BCUT2D eigenvalue weighted by molar-refractivity contribution is -0.138. The Hall–Kier alpha value is -2.40. The molecule has 0 bridgehead atoms. The molecule has 1 aromatic carbocycles. The summed E-state index contributed by atoms with van der Waals surface area (Å²) in [6, 6.07) is 5.21. The van der Waals surface area contributed by atoms with E-state index in [4.69, 9.17) is 0 Å². The van der Waals surface area contributed by atoms with Crippen LogP contribution in [0.2, 0.25) is 0 Å². The molecule has 3 aliphatic rings. The molecule has 4 rings (SSSR count). The van der Waals surface area contributed by atoms with Crippen LogP contribution in [-0.2, 0) is 19.2 Å². The third-order valence-corrected chi connectivity index (χ3v) is 10.4. The van der Waals surface area contributed by atoms with E-state index in [1.54, 1.807) is 40.0 Å². The molecule has 2 heterocycles. The standard InChI is InChI=1S/C27H38N4O5S2/c1-18(32)31-15-9-21(19-5-7-20(33)8-6-19)23(31)25(35)30-22-17-38-37-16-14-29-26(36)27(10-3-2-4-11-27)12-13-28-24(22)34/h5-8,21-23,33H,2-4,9-17H2,1H3,(H,28,34)(H,29,36)(H,30,35)/t21-,22-,23?/m0/s1. The van der Waals surface area contributed by atoms with E-state index in [1.165, 1.54) is 17.7 Å². The van der Waals surface area contributed by atoms with Crippen molar-refractivity contribution in [1.82, 2.24) is 20.9 Å². The summed E-state index contributed by atoms with van der Waals surface area (Å²) in [7, 11) is 3.05. The lowest BCUT2D eigenvalue weighted by Crippen LogP contribution is -2.55. The highest BCUT2D eigenvalue weighted by molar-refractivity contribution is 8.76. The third-order valence-electron chi connectivity index (χ3n) is 8.01. The summed E-state index contributed by atoms with van der Waals surface area (Å²) in [6.45, 7) is 2.84. The van der Waals surface area contributed by atoms with Gasteiger partial charge in [0.15, 0.2) is 0 Å². The van der Waals surface area contributed by atoms with Crippen LogP contribution >= 0.6 is 21.6 Å². The zero-order valence-electron chi connectivity index (χ0n) is 21.9. The summed E-state index contributed by atoms with van der Waals surface area (Å²) >= 11 is 0. The number of phenolic OH excluding ortho intramolecular Hbond substituents is 1. The van der Waals surface area contributed by atoms with Crippen molar-refractivity contribution >= 4 is 45.2 Å². The number of phenols is 1. The Morgan fingerprint density at radius 1 is 1.03 bits per heavy atom. The van der Waals surface area contributed by atoms with Gasteiger partial charge in [0.05, 0.1) is 5.41 Å². The van der Waals surface area contributed by atoms with Gasteiger partial charge >= 0.3 is 0 Å². The highest BCUT2D eigenvalue weighted by Gasteiger charge is 2.43. The fourth-order valence-electron chi connectivity index (χ4n) is 5.92. The number of likely N-dealkylation sites (tertiary alicyclic amines) is 1. The van der Waals surface area contributed by atoms with Crippen LogP contribution in [0.1, 0.15) is 63.4 Å². The Bertz CT molecular complexity index is 1020. The summed E-state index contributed by atoms with van der Waals surface area (Å²) < 4.78 is 0. The number of carbonyl (C=O) groups is 4. The van der Waals surface area contributed by atoms with Gasteiger partial charge in [0, 0.05) is 44.0 Å². The van der Waals surface area contributed by atoms with E-state index in [1.807, 2.05) is 0 Å². The second kappa shape index (κ2) is 13.1. The Balaban J connectivity index is 1.48. The van der Waals surface area contributed by atoms with Crippen molar-refractivity contribution in [1.29, 1.82) is 0 Å². The normalized spacial score (nSPS) is 26.9. The van der Waals surface area contributed by atoms with Gasteiger partial charge < -0.3 is 26.0 Å². The molecule has 1 unspecified atom stereocenters. The lowest BCUT2D eigenvalue weighted by atomic mass is 9.71. The number of rotatable bonds is 3. The minimum absolute atomic E-state index is 0.0898. The highest BCUT2D eigenvalue weighted by Crippen LogP contribution is 2.39. The van der Waals surface area contributed by atoms with Crippen LogP contribution in [0, 0.1) is 5.41 Å². The molecule has 3 atom stereocenters. The number of nitrogens with one attached hydrogen (secondary N) is 3. The first-order chi connectivity index (χ1) is 18.3. The fourth-order valence-corrected chi connectivity index (χ4v) is 7.99. The maximum atomic E-state index is 13.6. The van der Waals surface area contributed by atoms with Crippen LogP contribution in [0.3, 0.4) is 0 Å². The van der Waals surface area contributed by atoms with Gasteiger partial charge in [-0.3, -0.25) is 19.2 Å². The lowest BCUT2D eigenvalue weighted by Gasteiger charge is -2.36. The molecule has 4 N–H and O–H groups in total. The monoisotopic (exact) mass is 562 g/mol. The molecule has 3 fully saturated rings. The number of aromatic hydroxyl groups is 1. The Morgan fingerprint density at radius 3 is 2.47 bits per heavy atom. The van der Waals surface area contributed by atoms with Crippen molar-refractivity contribution in [3.8, 4) is 5.75 Å². The molecule has 2 saturated heterocycles. The van der Waals surface area contributed by atoms with Gasteiger partial charge in [-0.1, -0.05) is 53.0 Å². The molecule has 1 aliphatic carbocycles. The maximum absolute atomic E-state index is 13.6. The van der Waals surface area contributed by atoms with Crippen LogP contribution in [-0.4, -0.2) is 76.9 Å². The fraction of sp³-hybridized carbons (Fsp3) is 0.630. The van der Waals surface area contributed by atoms with Crippen LogP contribution < -0.4 is 16.0 Å². The van der Waals surface area contributed by atoms with Gasteiger partial charge in [-0.25, -0.2) is 0 Å². The van der Waals surface area contributed by atoms with Gasteiger partial charge in [-0.15, -0.1) is 0 Å². The van der Waals surface area contributed by atoms with E-state index in [0.717, 1.165) is 37.7 Å². The van der Waals surface area contributed by atoms with Gasteiger partial charge in [-0.2, -0.15) is 0 Å². The summed E-state index contributed by atoms with van der Waals surface area (Å²) in [4.78, 5) is 53.9. The van der Waals surface area contributed by atoms with Crippen molar-refractivity contribution in [2.75, 3.05) is 31.1 Å². The number of benzene rings is 1. The van der Waals surface area contributed by atoms with E-state index in [9.17, 15) is 24.3 Å². The van der Waals surface area contributed by atoms with Gasteiger partial charge in [0.2, 0.25) is 23.6 Å². The molecule has 11 heteroatoms. The Kier molecular flexibility index (Phi) is 9.86.